The van der Waals surface area contributed by atoms with E-state index < -0.39 is 54.0 Å². The zero-order valence-corrected chi connectivity index (χ0v) is 11.1. The van der Waals surface area contributed by atoms with Gasteiger partial charge in [-0.15, -0.1) is 0 Å². The number of alkyl halides is 14. The Bertz CT molecular complexity index is 438. The van der Waals surface area contributed by atoms with Crippen LogP contribution in [0.3, 0.4) is 0 Å². The smallest absolute Gasteiger partial charge is 0.322 e. The minimum absolute atomic E-state index is 0.117. The summed E-state index contributed by atoms with van der Waals surface area (Å²) in [6.45, 7) is -6.51. The number of amides is 1. The Morgan fingerprint density at radius 2 is 0.800 bits per heavy atom. The molecule has 0 aromatic carbocycles. The van der Waals surface area contributed by atoms with E-state index in [1.165, 1.54) is 0 Å². The second kappa shape index (κ2) is 6.34. The van der Waals surface area contributed by atoms with E-state index in [1.54, 1.807) is 0 Å². The van der Waals surface area contributed by atoms with Crippen LogP contribution in [0.1, 0.15) is 0 Å². The zero-order chi connectivity index (χ0) is 20.7. The molecule has 0 spiro atoms. The van der Waals surface area contributed by atoms with Gasteiger partial charge in [0.15, 0.2) is 0 Å². The third kappa shape index (κ3) is 4.37. The van der Waals surface area contributed by atoms with Crippen LogP contribution < -0.4 is 0 Å². The topological polar surface area (TPSA) is 20.3 Å². The van der Waals surface area contributed by atoms with Crippen LogP contribution in [0.15, 0.2) is 0 Å². The monoisotopic (exact) mass is 408 g/mol. The standard InChI is InChI=1S/C9H4F14NO/c10-4(11,6(14,15)8(18,19)20)1-24(3-25)2-5(12,13)7(16,17)9(21,22)23/h1-2H2. The summed E-state index contributed by atoms with van der Waals surface area (Å²) >= 11 is 0. The lowest BCUT2D eigenvalue weighted by Crippen LogP contribution is -2.60. The Morgan fingerprint density at radius 1 is 0.560 bits per heavy atom. The van der Waals surface area contributed by atoms with Crippen molar-refractivity contribution in [2.45, 2.75) is 36.0 Å². The molecular weight excluding hydrogens is 404 g/mol. The highest BCUT2D eigenvalue weighted by molar-refractivity contribution is 5.48. The van der Waals surface area contributed by atoms with Crippen molar-refractivity contribution in [1.29, 1.82) is 0 Å². The van der Waals surface area contributed by atoms with Gasteiger partial charge in [0.05, 0.1) is 13.1 Å². The van der Waals surface area contributed by atoms with Crippen molar-refractivity contribution in [3.05, 3.63) is 0 Å². The van der Waals surface area contributed by atoms with Crippen LogP contribution in [0.5, 0.6) is 0 Å². The zero-order valence-electron chi connectivity index (χ0n) is 11.1. The molecule has 0 saturated carbocycles. The molecule has 0 aromatic heterocycles. The van der Waals surface area contributed by atoms with Crippen molar-refractivity contribution in [3.8, 4) is 0 Å². The number of halogens is 14. The molecular formula is C9H4F14NO. The molecule has 0 aliphatic carbocycles. The van der Waals surface area contributed by atoms with Gasteiger partial charge in [-0.3, -0.25) is 4.79 Å². The molecule has 0 bridgehead atoms. The Labute approximate surface area is 128 Å². The minimum atomic E-state index is -6.94. The molecule has 1 radical (unpaired) electrons. The van der Waals surface area contributed by atoms with Crippen LogP contribution in [0.2, 0.25) is 0 Å². The van der Waals surface area contributed by atoms with Crippen LogP contribution in [-0.2, 0) is 4.79 Å². The summed E-state index contributed by atoms with van der Waals surface area (Å²) < 4.78 is 172. The van der Waals surface area contributed by atoms with E-state index in [2.05, 4.69) is 0 Å². The summed E-state index contributed by atoms with van der Waals surface area (Å²) in [5.74, 6) is -26.5. The molecule has 0 rings (SSSR count). The summed E-state index contributed by atoms with van der Waals surface area (Å²) in [7, 11) is 0. The average Bonchev–Trinajstić information content (AvgIpc) is 2.34. The molecule has 1 amide bonds. The van der Waals surface area contributed by atoms with Crippen LogP contribution in [0.4, 0.5) is 61.5 Å². The second-order valence-corrected chi connectivity index (χ2v) is 4.50. The van der Waals surface area contributed by atoms with E-state index in [0.717, 1.165) is 0 Å². The lowest BCUT2D eigenvalue weighted by molar-refractivity contribution is -0.362. The summed E-state index contributed by atoms with van der Waals surface area (Å²) in [6, 6.07) is 0. The largest absolute Gasteiger partial charge is 0.459 e. The lowest BCUT2D eigenvalue weighted by Gasteiger charge is -2.34. The van der Waals surface area contributed by atoms with Crippen molar-refractivity contribution in [3.63, 3.8) is 0 Å². The van der Waals surface area contributed by atoms with Gasteiger partial charge >= 0.3 is 42.5 Å². The number of hydrogen-bond donors (Lipinski definition) is 0. The Hall–Kier alpha value is -1.51. The van der Waals surface area contributed by atoms with Crippen molar-refractivity contribution < 1.29 is 66.3 Å². The van der Waals surface area contributed by atoms with Crippen molar-refractivity contribution in [1.82, 2.24) is 4.90 Å². The summed E-state index contributed by atoms with van der Waals surface area (Å²) in [5.41, 5.74) is 0. The van der Waals surface area contributed by atoms with Crippen molar-refractivity contribution >= 4 is 6.41 Å². The second-order valence-electron chi connectivity index (χ2n) is 4.50. The number of carbonyl (C=O) groups excluding carboxylic acids is 1. The van der Waals surface area contributed by atoms with E-state index >= 15 is 0 Å². The Morgan fingerprint density at radius 3 is 0.960 bits per heavy atom. The first-order valence-corrected chi connectivity index (χ1v) is 5.41. The van der Waals surface area contributed by atoms with E-state index in [4.69, 9.17) is 0 Å². The normalized spacial score (nSPS) is 15.3. The highest BCUT2D eigenvalue weighted by Gasteiger charge is 2.75. The highest BCUT2D eigenvalue weighted by atomic mass is 19.4. The van der Waals surface area contributed by atoms with Gasteiger partial charge in [0.25, 0.3) is 0 Å². The fraction of sp³-hybridized carbons (Fsp3) is 0.889. The van der Waals surface area contributed by atoms with Crippen LogP contribution >= 0.6 is 0 Å². The van der Waals surface area contributed by atoms with E-state index in [1.807, 2.05) is 0 Å². The van der Waals surface area contributed by atoms with Gasteiger partial charge in [-0.1, -0.05) is 0 Å². The van der Waals surface area contributed by atoms with Gasteiger partial charge < -0.3 is 4.90 Å². The molecule has 0 fully saturated rings. The van der Waals surface area contributed by atoms with Gasteiger partial charge in [-0.2, -0.15) is 61.5 Å². The first-order chi connectivity index (χ1) is 10.6. The molecule has 0 aliphatic rings. The summed E-state index contributed by atoms with van der Waals surface area (Å²) in [5, 5.41) is 0. The van der Waals surface area contributed by atoms with Crippen LogP contribution in [0, 0.1) is 0 Å². The first-order valence-electron chi connectivity index (χ1n) is 5.41. The van der Waals surface area contributed by atoms with Gasteiger partial charge in [0, 0.05) is 0 Å². The molecule has 0 atom stereocenters. The lowest BCUT2D eigenvalue weighted by atomic mass is 10.1. The quantitative estimate of drug-likeness (QED) is 0.461. The predicted molar refractivity (Wildman–Crippen MR) is 49.2 cm³/mol. The fourth-order valence-electron chi connectivity index (χ4n) is 1.21. The molecule has 16 heteroatoms. The third-order valence-corrected chi connectivity index (χ3v) is 2.54. The van der Waals surface area contributed by atoms with Gasteiger partial charge in [-0.05, 0) is 0 Å². The van der Waals surface area contributed by atoms with Crippen molar-refractivity contribution in [2.75, 3.05) is 13.1 Å². The highest BCUT2D eigenvalue weighted by Crippen LogP contribution is 2.49. The van der Waals surface area contributed by atoms with Gasteiger partial charge in [-0.25, -0.2) is 0 Å². The summed E-state index contributed by atoms with van der Waals surface area (Å²) in [4.78, 5) is 8.53. The van der Waals surface area contributed by atoms with E-state index in [9.17, 15) is 66.3 Å². The number of rotatable bonds is 7. The molecule has 0 aliphatic heterocycles. The fourth-order valence-corrected chi connectivity index (χ4v) is 1.21. The molecule has 149 valence electrons. The van der Waals surface area contributed by atoms with E-state index in [0.29, 0.717) is 0 Å². The van der Waals surface area contributed by atoms with E-state index in [-0.39, 0.29) is 6.41 Å². The first kappa shape index (κ1) is 23.5. The Kier molecular flexibility index (Phi) is 5.95. The van der Waals surface area contributed by atoms with Gasteiger partial charge in [0.2, 0.25) is 0 Å². The maximum atomic E-state index is 12.9. The van der Waals surface area contributed by atoms with Crippen LogP contribution in [-0.4, -0.2) is 60.4 Å². The minimum Gasteiger partial charge on any atom is -0.322 e. The summed E-state index contributed by atoms with van der Waals surface area (Å²) in [6.07, 6.45) is -14.0. The molecule has 0 aromatic rings. The maximum absolute atomic E-state index is 12.9. The Balaban J connectivity index is 5.56. The molecule has 2 nitrogen and oxygen atoms in total. The van der Waals surface area contributed by atoms with Crippen LogP contribution in [0.25, 0.3) is 0 Å². The SMILES string of the molecule is O=[C]N(CC(F)(F)C(F)(F)C(F)(F)F)CC(F)(F)C(F)(F)C(F)(F)F. The molecule has 0 N–H and O–H groups in total. The molecule has 0 unspecified atom stereocenters. The van der Waals surface area contributed by atoms with Gasteiger partial charge in [0.1, 0.15) is 0 Å². The maximum Gasteiger partial charge on any atom is 0.459 e. The number of hydrogen-bond acceptors (Lipinski definition) is 1. The molecule has 0 heterocycles. The van der Waals surface area contributed by atoms with Crippen molar-refractivity contribution in [2.24, 2.45) is 0 Å². The third-order valence-electron chi connectivity index (χ3n) is 2.54. The molecule has 0 saturated heterocycles. The number of nitrogens with zero attached hydrogens (tertiary/aromatic N) is 1. The average molecular weight is 408 g/mol. The molecule has 25 heavy (non-hydrogen) atoms. The predicted octanol–water partition coefficient (Wildman–Crippen LogP) is 4.02.